The maximum absolute atomic E-state index is 12.5. The van der Waals surface area contributed by atoms with Crippen molar-refractivity contribution >= 4 is 33.4 Å². The second-order valence-corrected chi connectivity index (χ2v) is 6.86. The third-order valence-electron chi connectivity index (χ3n) is 3.56. The molecule has 2 aromatic heterocycles. The molecule has 0 aliphatic heterocycles. The third kappa shape index (κ3) is 3.27. The minimum Gasteiger partial charge on any atom is -0.480 e. The number of hydrogen-bond acceptors (Lipinski definition) is 4. The fourth-order valence-corrected chi connectivity index (χ4v) is 3.62. The molecule has 5 nitrogen and oxygen atoms in total. The lowest BCUT2D eigenvalue weighted by molar-refractivity contribution is -0.139. The Hall–Kier alpha value is -1.95. The lowest BCUT2D eigenvalue weighted by Crippen LogP contribution is -2.41. The van der Waals surface area contributed by atoms with Gasteiger partial charge in [-0.05, 0) is 43.4 Å². The van der Waals surface area contributed by atoms with Crippen LogP contribution < -0.4 is 5.32 Å². The summed E-state index contributed by atoms with van der Waals surface area (Å²) in [6, 6.07) is 1.04. The van der Waals surface area contributed by atoms with Gasteiger partial charge in [-0.1, -0.05) is 13.8 Å². The van der Waals surface area contributed by atoms with Gasteiger partial charge < -0.3 is 10.4 Å². The summed E-state index contributed by atoms with van der Waals surface area (Å²) in [5.74, 6) is -1.16. The van der Waals surface area contributed by atoms with Crippen molar-refractivity contribution in [1.82, 2.24) is 10.3 Å². The molecule has 0 spiro atoms. The quantitative estimate of drug-likeness (QED) is 0.887. The first kappa shape index (κ1) is 16.4. The first-order chi connectivity index (χ1) is 10.3. The van der Waals surface area contributed by atoms with Crippen molar-refractivity contribution in [3.8, 4) is 0 Å². The summed E-state index contributed by atoms with van der Waals surface area (Å²) in [6.45, 7) is 7.71. The Balaban J connectivity index is 2.31. The normalized spacial score (nSPS) is 12.6. The predicted octanol–water partition coefficient (Wildman–Crippen LogP) is 3.14. The van der Waals surface area contributed by atoms with E-state index < -0.39 is 12.0 Å². The number of nitrogens with zero attached hydrogens (tertiary/aromatic N) is 1. The molecular formula is C16H20N2O3S. The van der Waals surface area contributed by atoms with Crippen molar-refractivity contribution in [2.75, 3.05) is 0 Å². The molecule has 1 atom stereocenters. The highest BCUT2D eigenvalue weighted by Gasteiger charge is 2.24. The molecule has 0 saturated heterocycles. The number of thiophene rings is 1. The molecule has 22 heavy (non-hydrogen) atoms. The number of fused-ring (bicyclic) bond motifs is 1. The van der Waals surface area contributed by atoms with E-state index in [1.54, 1.807) is 6.20 Å². The van der Waals surface area contributed by atoms with E-state index in [9.17, 15) is 14.7 Å². The molecule has 0 bridgehead atoms. The number of aliphatic carboxylic acids is 1. The van der Waals surface area contributed by atoms with E-state index in [4.69, 9.17) is 0 Å². The van der Waals surface area contributed by atoms with Crippen molar-refractivity contribution in [2.45, 2.75) is 40.2 Å². The maximum atomic E-state index is 12.5. The van der Waals surface area contributed by atoms with Gasteiger partial charge in [-0.15, -0.1) is 11.3 Å². The number of carboxylic acid groups (broad SMARTS) is 1. The van der Waals surface area contributed by atoms with Crippen molar-refractivity contribution in [3.63, 3.8) is 0 Å². The Morgan fingerprint density at radius 1 is 1.36 bits per heavy atom. The Morgan fingerprint density at radius 3 is 2.59 bits per heavy atom. The first-order valence-electron chi connectivity index (χ1n) is 7.19. The summed E-state index contributed by atoms with van der Waals surface area (Å²) < 4.78 is 0. The number of amides is 1. The van der Waals surface area contributed by atoms with E-state index in [2.05, 4.69) is 10.3 Å². The molecule has 0 aliphatic carbocycles. The highest BCUT2D eigenvalue weighted by Crippen LogP contribution is 2.31. The number of carbonyl (C=O) groups excluding carboxylic acids is 1. The topological polar surface area (TPSA) is 79.3 Å². The Bertz CT molecular complexity index is 721. The number of carboxylic acids is 1. The molecule has 0 radical (unpaired) electrons. The number of pyridine rings is 1. The van der Waals surface area contributed by atoms with Crippen LogP contribution in [0.4, 0.5) is 0 Å². The highest BCUT2D eigenvalue weighted by atomic mass is 32.1. The van der Waals surface area contributed by atoms with Crippen LogP contribution in [0.5, 0.6) is 0 Å². The molecule has 6 heteroatoms. The minimum absolute atomic E-state index is 0.189. The van der Waals surface area contributed by atoms with Crippen LogP contribution in [0, 0.1) is 19.8 Å². The van der Waals surface area contributed by atoms with Gasteiger partial charge >= 0.3 is 5.97 Å². The first-order valence-corrected chi connectivity index (χ1v) is 8.01. The fraction of sp³-hybridized carbons (Fsp3) is 0.438. The van der Waals surface area contributed by atoms with Gasteiger partial charge in [-0.3, -0.25) is 4.79 Å². The van der Waals surface area contributed by atoms with Crippen LogP contribution in [-0.4, -0.2) is 28.0 Å². The minimum atomic E-state index is -1.00. The number of nitrogens with one attached hydrogen (secondary N) is 1. The Morgan fingerprint density at radius 2 is 2.05 bits per heavy atom. The summed E-state index contributed by atoms with van der Waals surface area (Å²) in [6.07, 6.45) is 2.12. The average Bonchev–Trinajstić information content (AvgIpc) is 2.76. The molecular weight excluding hydrogens is 300 g/mol. The Labute approximate surface area is 133 Å². The van der Waals surface area contributed by atoms with Gasteiger partial charge in [0, 0.05) is 11.6 Å². The van der Waals surface area contributed by atoms with E-state index >= 15 is 0 Å². The van der Waals surface area contributed by atoms with Crippen LogP contribution in [0.3, 0.4) is 0 Å². The summed E-state index contributed by atoms with van der Waals surface area (Å²) in [7, 11) is 0. The van der Waals surface area contributed by atoms with Crippen molar-refractivity contribution in [3.05, 3.63) is 28.3 Å². The molecule has 0 aliphatic rings. The van der Waals surface area contributed by atoms with Crippen LogP contribution in [0.25, 0.3) is 10.2 Å². The standard InChI is InChI=1S/C16H20N2O3S/c1-8(2)7-11(16(20)21)18-14(19)13-10(4)12-9(3)5-6-17-15(12)22-13/h5-6,8,11H,7H2,1-4H3,(H,18,19)(H,20,21)/t11-/m1/s1. The summed E-state index contributed by atoms with van der Waals surface area (Å²) in [5, 5.41) is 12.9. The average molecular weight is 320 g/mol. The summed E-state index contributed by atoms with van der Waals surface area (Å²) in [5.41, 5.74) is 1.92. The van der Waals surface area contributed by atoms with Crippen LogP contribution in [0.15, 0.2) is 12.3 Å². The zero-order valence-corrected chi connectivity index (χ0v) is 14.0. The Kier molecular flexibility index (Phi) is 4.81. The van der Waals surface area contributed by atoms with Gasteiger partial charge in [0.25, 0.3) is 5.91 Å². The lowest BCUT2D eigenvalue weighted by atomic mass is 10.0. The van der Waals surface area contributed by atoms with Crippen molar-refractivity contribution in [2.24, 2.45) is 5.92 Å². The van der Waals surface area contributed by atoms with Gasteiger partial charge in [0.15, 0.2) is 0 Å². The van der Waals surface area contributed by atoms with Gasteiger partial charge in [0.05, 0.1) is 4.88 Å². The predicted molar refractivity (Wildman–Crippen MR) is 87.4 cm³/mol. The maximum Gasteiger partial charge on any atom is 0.326 e. The number of aryl methyl sites for hydroxylation is 2. The fourth-order valence-electron chi connectivity index (χ4n) is 2.49. The number of carbonyl (C=O) groups is 2. The second kappa shape index (κ2) is 6.44. The van der Waals surface area contributed by atoms with Gasteiger partial charge in [-0.25, -0.2) is 9.78 Å². The molecule has 2 aromatic rings. The number of hydrogen-bond donors (Lipinski definition) is 2. The molecule has 2 rings (SSSR count). The van der Waals surface area contributed by atoms with Crippen LogP contribution in [-0.2, 0) is 4.79 Å². The van der Waals surface area contributed by atoms with E-state index in [1.165, 1.54) is 11.3 Å². The van der Waals surface area contributed by atoms with Gasteiger partial charge in [0.2, 0.25) is 0 Å². The molecule has 0 saturated carbocycles. The van der Waals surface area contributed by atoms with E-state index in [0.29, 0.717) is 11.3 Å². The summed E-state index contributed by atoms with van der Waals surface area (Å²) in [4.78, 5) is 29.4. The SMILES string of the molecule is Cc1ccnc2sc(C(=O)N[C@H](CC(C)C)C(=O)O)c(C)c12. The molecule has 0 aromatic carbocycles. The van der Waals surface area contributed by atoms with E-state index in [0.717, 1.165) is 21.3 Å². The number of rotatable bonds is 5. The number of aromatic nitrogens is 1. The molecule has 0 fully saturated rings. The van der Waals surface area contributed by atoms with E-state index in [1.807, 2.05) is 33.8 Å². The smallest absolute Gasteiger partial charge is 0.326 e. The van der Waals surface area contributed by atoms with Crippen molar-refractivity contribution < 1.29 is 14.7 Å². The zero-order chi connectivity index (χ0) is 16.4. The monoisotopic (exact) mass is 320 g/mol. The molecule has 0 unspecified atom stereocenters. The van der Waals surface area contributed by atoms with Crippen molar-refractivity contribution in [1.29, 1.82) is 0 Å². The van der Waals surface area contributed by atoms with Crippen LogP contribution in [0.2, 0.25) is 0 Å². The van der Waals surface area contributed by atoms with Gasteiger partial charge in [-0.2, -0.15) is 0 Å². The van der Waals surface area contributed by atoms with Gasteiger partial charge in [0.1, 0.15) is 10.9 Å². The molecule has 118 valence electrons. The molecule has 1 amide bonds. The largest absolute Gasteiger partial charge is 0.480 e. The van der Waals surface area contributed by atoms with Crippen LogP contribution in [0.1, 0.15) is 41.1 Å². The highest BCUT2D eigenvalue weighted by molar-refractivity contribution is 7.20. The third-order valence-corrected chi connectivity index (χ3v) is 4.75. The second-order valence-electron chi connectivity index (χ2n) is 5.86. The molecule has 2 heterocycles. The van der Waals surface area contributed by atoms with Crippen LogP contribution >= 0.6 is 11.3 Å². The van der Waals surface area contributed by atoms with E-state index in [-0.39, 0.29) is 11.8 Å². The molecule has 2 N–H and O–H groups in total. The zero-order valence-electron chi connectivity index (χ0n) is 13.1. The lowest BCUT2D eigenvalue weighted by Gasteiger charge is -2.16. The summed E-state index contributed by atoms with van der Waals surface area (Å²) >= 11 is 1.30.